The third-order valence-corrected chi connectivity index (χ3v) is 3.67. The minimum absolute atomic E-state index is 0.329. The van der Waals surface area contributed by atoms with E-state index >= 15 is 0 Å². The molecule has 0 aromatic heterocycles. The Morgan fingerprint density at radius 3 is 2.76 bits per heavy atom. The smallest absolute Gasteiger partial charge is 0.0431 e. The molecule has 1 N–H and O–H groups in total. The van der Waals surface area contributed by atoms with Crippen molar-refractivity contribution in [1.82, 2.24) is 4.90 Å². The van der Waals surface area contributed by atoms with Crippen LogP contribution in [-0.2, 0) is 6.54 Å². The largest absolute Gasteiger partial charge is 0.396 e. The fourth-order valence-electron chi connectivity index (χ4n) is 2.74. The van der Waals surface area contributed by atoms with Crippen molar-refractivity contribution in [2.24, 2.45) is 0 Å². The molecule has 1 aliphatic rings. The Morgan fingerprint density at radius 1 is 1.18 bits per heavy atom. The van der Waals surface area contributed by atoms with Crippen molar-refractivity contribution in [3.05, 3.63) is 35.9 Å². The molecule has 1 atom stereocenters. The van der Waals surface area contributed by atoms with Gasteiger partial charge in [0.2, 0.25) is 0 Å². The lowest BCUT2D eigenvalue weighted by atomic mass is 9.97. The maximum atomic E-state index is 8.95. The van der Waals surface area contributed by atoms with Crippen LogP contribution in [-0.4, -0.2) is 29.2 Å². The Labute approximate surface area is 104 Å². The van der Waals surface area contributed by atoms with Gasteiger partial charge in [0.15, 0.2) is 0 Å². The van der Waals surface area contributed by atoms with E-state index in [1.54, 1.807) is 0 Å². The fraction of sp³-hybridized carbons (Fsp3) is 0.600. The quantitative estimate of drug-likeness (QED) is 0.845. The molecule has 1 heterocycles. The molecule has 17 heavy (non-hydrogen) atoms. The van der Waals surface area contributed by atoms with Crippen LogP contribution in [0.3, 0.4) is 0 Å². The summed E-state index contributed by atoms with van der Waals surface area (Å²) in [4.78, 5) is 2.59. The Kier molecular flexibility index (Phi) is 5.02. The van der Waals surface area contributed by atoms with Crippen molar-refractivity contribution in [3.63, 3.8) is 0 Å². The van der Waals surface area contributed by atoms with Crippen LogP contribution < -0.4 is 0 Å². The Hall–Kier alpha value is -0.860. The Bertz CT molecular complexity index is 312. The third-order valence-electron chi connectivity index (χ3n) is 3.67. The molecule has 0 saturated carbocycles. The predicted molar refractivity (Wildman–Crippen MR) is 70.8 cm³/mol. The van der Waals surface area contributed by atoms with Gasteiger partial charge in [0, 0.05) is 19.2 Å². The molecular formula is C15H23NO. The van der Waals surface area contributed by atoms with E-state index in [2.05, 4.69) is 35.2 Å². The molecule has 0 spiro atoms. The van der Waals surface area contributed by atoms with E-state index in [0.29, 0.717) is 12.6 Å². The maximum absolute atomic E-state index is 8.95. The SMILES string of the molecule is OCCC[C@H]1CCCCN1Cc1ccccc1. The lowest BCUT2D eigenvalue weighted by molar-refractivity contribution is 0.124. The Morgan fingerprint density at radius 2 is 2.00 bits per heavy atom. The molecule has 0 amide bonds. The van der Waals surface area contributed by atoms with Crippen molar-refractivity contribution >= 4 is 0 Å². The lowest BCUT2D eigenvalue weighted by Gasteiger charge is -2.35. The third kappa shape index (κ3) is 3.83. The molecule has 0 unspecified atom stereocenters. The van der Waals surface area contributed by atoms with E-state index in [1.165, 1.54) is 31.4 Å². The molecule has 1 fully saturated rings. The summed E-state index contributed by atoms with van der Waals surface area (Å²) >= 11 is 0. The average Bonchev–Trinajstić information content (AvgIpc) is 2.39. The van der Waals surface area contributed by atoms with Crippen LogP contribution in [0.5, 0.6) is 0 Å². The van der Waals surface area contributed by atoms with E-state index in [0.717, 1.165) is 19.4 Å². The van der Waals surface area contributed by atoms with Gasteiger partial charge in [0.05, 0.1) is 0 Å². The molecule has 1 saturated heterocycles. The summed E-state index contributed by atoms with van der Waals surface area (Å²) in [7, 11) is 0. The average molecular weight is 233 g/mol. The van der Waals surface area contributed by atoms with Gasteiger partial charge in [-0.05, 0) is 37.8 Å². The number of hydrogen-bond donors (Lipinski definition) is 1. The minimum atomic E-state index is 0.329. The van der Waals surface area contributed by atoms with Gasteiger partial charge in [0.25, 0.3) is 0 Å². The highest BCUT2D eigenvalue weighted by molar-refractivity contribution is 5.14. The van der Waals surface area contributed by atoms with Crippen LogP contribution >= 0.6 is 0 Å². The highest BCUT2D eigenvalue weighted by Gasteiger charge is 2.21. The predicted octanol–water partition coefficient (Wildman–Crippen LogP) is 2.81. The van der Waals surface area contributed by atoms with E-state index in [-0.39, 0.29) is 0 Å². The first-order valence-electron chi connectivity index (χ1n) is 6.79. The molecule has 94 valence electrons. The van der Waals surface area contributed by atoms with Crippen molar-refractivity contribution in [1.29, 1.82) is 0 Å². The van der Waals surface area contributed by atoms with E-state index < -0.39 is 0 Å². The van der Waals surface area contributed by atoms with Crippen LogP contribution in [0.25, 0.3) is 0 Å². The lowest BCUT2D eigenvalue weighted by Crippen LogP contribution is -2.39. The zero-order chi connectivity index (χ0) is 11.9. The molecule has 2 heteroatoms. The molecule has 1 aliphatic heterocycles. The van der Waals surface area contributed by atoms with E-state index in [1.807, 2.05) is 0 Å². The van der Waals surface area contributed by atoms with Gasteiger partial charge in [0.1, 0.15) is 0 Å². The molecular weight excluding hydrogens is 210 g/mol. The van der Waals surface area contributed by atoms with Gasteiger partial charge in [-0.1, -0.05) is 36.8 Å². The highest BCUT2D eigenvalue weighted by atomic mass is 16.2. The standard InChI is InChI=1S/C15H23NO/c17-12-6-10-15-9-4-5-11-16(15)13-14-7-2-1-3-8-14/h1-3,7-8,15,17H,4-6,9-13H2/t15-/m1/s1. The van der Waals surface area contributed by atoms with Crippen LogP contribution in [0.1, 0.15) is 37.7 Å². The number of aliphatic hydroxyl groups excluding tert-OH is 1. The summed E-state index contributed by atoms with van der Waals surface area (Å²) in [5.41, 5.74) is 1.41. The number of nitrogens with zero attached hydrogens (tertiary/aromatic N) is 1. The first-order valence-corrected chi connectivity index (χ1v) is 6.79. The van der Waals surface area contributed by atoms with Crippen molar-refractivity contribution in [2.75, 3.05) is 13.2 Å². The van der Waals surface area contributed by atoms with Crippen molar-refractivity contribution in [2.45, 2.75) is 44.7 Å². The second-order valence-corrected chi connectivity index (χ2v) is 4.97. The molecule has 2 rings (SSSR count). The van der Waals surface area contributed by atoms with Crippen molar-refractivity contribution < 1.29 is 5.11 Å². The fourth-order valence-corrected chi connectivity index (χ4v) is 2.74. The van der Waals surface area contributed by atoms with Crippen LogP contribution in [0.15, 0.2) is 30.3 Å². The van der Waals surface area contributed by atoms with Crippen LogP contribution in [0.4, 0.5) is 0 Å². The summed E-state index contributed by atoms with van der Waals surface area (Å²) in [6, 6.07) is 11.4. The van der Waals surface area contributed by atoms with Crippen LogP contribution in [0, 0.1) is 0 Å². The molecule has 2 nitrogen and oxygen atoms in total. The molecule has 0 bridgehead atoms. The van der Waals surface area contributed by atoms with Gasteiger partial charge in [-0.3, -0.25) is 4.90 Å². The van der Waals surface area contributed by atoms with E-state index in [9.17, 15) is 0 Å². The minimum Gasteiger partial charge on any atom is -0.396 e. The number of aliphatic hydroxyl groups is 1. The number of hydrogen-bond acceptors (Lipinski definition) is 2. The summed E-state index contributed by atoms with van der Waals surface area (Å²) in [6.07, 6.45) is 6.05. The topological polar surface area (TPSA) is 23.5 Å². The first kappa shape index (κ1) is 12.6. The summed E-state index contributed by atoms with van der Waals surface area (Å²) in [5, 5.41) is 8.95. The monoisotopic (exact) mass is 233 g/mol. The zero-order valence-electron chi connectivity index (χ0n) is 10.5. The second-order valence-electron chi connectivity index (χ2n) is 4.97. The molecule has 1 aromatic rings. The Balaban J connectivity index is 1.92. The molecule has 0 aliphatic carbocycles. The normalized spacial score (nSPS) is 21.6. The highest BCUT2D eigenvalue weighted by Crippen LogP contribution is 2.22. The number of benzene rings is 1. The molecule has 1 aromatic carbocycles. The van der Waals surface area contributed by atoms with Gasteiger partial charge >= 0.3 is 0 Å². The summed E-state index contributed by atoms with van der Waals surface area (Å²) in [5.74, 6) is 0. The molecule has 0 radical (unpaired) electrons. The number of rotatable bonds is 5. The number of piperidine rings is 1. The number of likely N-dealkylation sites (tertiary alicyclic amines) is 1. The summed E-state index contributed by atoms with van der Waals surface area (Å²) < 4.78 is 0. The van der Waals surface area contributed by atoms with Gasteiger partial charge < -0.3 is 5.11 Å². The maximum Gasteiger partial charge on any atom is 0.0431 e. The van der Waals surface area contributed by atoms with Gasteiger partial charge in [-0.15, -0.1) is 0 Å². The van der Waals surface area contributed by atoms with E-state index in [4.69, 9.17) is 5.11 Å². The zero-order valence-corrected chi connectivity index (χ0v) is 10.5. The first-order chi connectivity index (χ1) is 8.40. The van der Waals surface area contributed by atoms with Crippen molar-refractivity contribution in [3.8, 4) is 0 Å². The van der Waals surface area contributed by atoms with Gasteiger partial charge in [-0.25, -0.2) is 0 Å². The van der Waals surface area contributed by atoms with Crippen LogP contribution in [0.2, 0.25) is 0 Å². The summed E-state index contributed by atoms with van der Waals surface area (Å²) in [6.45, 7) is 2.61. The van der Waals surface area contributed by atoms with Gasteiger partial charge in [-0.2, -0.15) is 0 Å². The second kappa shape index (κ2) is 6.77.